The molecule has 0 unspecified atom stereocenters. The lowest BCUT2D eigenvalue weighted by Crippen LogP contribution is -2.02. The van der Waals surface area contributed by atoms with Crippen molar-refractivity contribution in [2.24, 2.45) is 0 Å². The highest BCUT2D eigenvalue weighted by atomic mass is 79.9. The summed E-state index contributed by atoms with van der Waals surface area (Å²) in [6, 6.07) is 0. The normalized spacial score (nSPS) is 15.8. The van der Waals surface area contributed by atoms with E-state index < -0.39 is 5.97 Å². The Hall–Kier alpha value is -1.23. The van der Waals surface area contributed by atoms with Crippen LogP contribution in [0.3, 0.4) is 0 Å². The van der Waals surface area contributed by atoms with Crippen LogP contribution in [0.1, 0.15) is 23.1 Å². The van der Waals surface area contributed by atoms with Gasteiger partial charge >= 0.3 is 5.97 Å². The molecular formula is C13H13BrO4. The molecule has 1 aromatic carbocycles. The highest BCUT2D eigenvalue weighted by Crippen LogP contribution is 2.47. The molecule has 0 fully saturated rings. The minimum Gasteiger partial charge on any atom is -0.493 e. The molecule has 96 valence electrons. The molecule has 0 radical (unpaired) electrons. The molecule has 5 heteroatoms. The average Bonchev–Trinajstić information content (AvgIpc) is 2.95. The number of hydrogen-bond donors (Lipinski definition) is 1. The molecule has 0 saturated heterocycles. The molecule has 0 atom stereocenters. The summed E-state index contributed by atoms with van der Waals surface area (Å²) in [7, 11) is 0. The van der Waals surface area contributed by atoms with Crippen LogP contribution in [-0.4, -0.2) is 24.3 Å². The number of carboxylic acids is 1. The lowest BCUT2D eigenvalue weighted by atomic mass is 9.96. The SMILES string of the molecule is O=C(O)CCc1c2c(c(Br)c3c1OCC3)OCC2. The largest absolute Gasteiger partial charge is 0.493 e. The first-order valence-corrected chi connectivity index (χ1v) is 6.81. The zero-order valence-corrected chi connectivity index (χ0v) is 11.4. The van der Waals surface area contributed by atoms with Gasteiger partial charge in [0.15, 0.2) is 0 Å². The first-order valence-electron chi connectivity index (χ1n) is 6.02. The Morgan fingerprint density at radius 3 is 2.56 bits per heavy atom. The van der Waals surface area contributed by atoms with E-state index in [4.69, 9.17) is 14.6 Å². The van der Waals surface area contributed by atoms with Gasteiger partial charge in [0.1, 0.15) is 11.5 Å². The Bertz CT molecular complexity index is 489. The minimum absolute atomic E-state index is 0.129. The Kier molecular flexibility index (Phi) is 2.93. The van der Waals surface area contributed by atoms with E-state index in [1.165, 1.54) is 0 Å². The van der Waals surface area contributed by atoms with E-state index in [0.717, 1.165) is 45.5 Å². The molecule has 1 aromatic rings. The molecule has 2 aliphatic heterocycles. The van der Waals surface area contributed by atoms with Crippen LogP contribution in [0.4, 0.5) is 0 Å². The fourth-order valence-electron chi connectivity index (χ4n) is 2.64. The van der Waals surface area contributed by atoms with Crippen LogP contribution in [0.25, 0.3) is 0 Å². The Morgan fingerprint density at radius 1 is 1.17 bits per heavy atom. The van der Waals surface area contributed by atoms with Gasteiger partial charge in [-0.05, 0) is 22.4 Å². The predicted octanol–water partition coefficient (Wildman–Crippen LogP) is 2.34. The highest BCUT2D eigenvalue weighted by Gasteiger charge is 2.30. The van der Waals surface area contributed by atoms with Crippen molar-refractivity contribution in [3.05, 3.63) is 21.2 Å². The number of halogens is 1. The molecule has 0 bridgehead atoms. The molecule has 0 amide bonds. The average molecular weight is 313 g/mol. The third-order valence-electron chi connectivity index (χ3n) is 3.44. The second-order valence-electron chi connectivity index (χ2n) is 4.50. The van der Waals surface area contributed by atoms with Crippen molar-refractivity contribution in [1.29, 1.82) is 0 Å². The van der Waals surface area contributed by atoms with Crippen LogP contribution in [0.15, 0.2) is 4.47 Å². The third-order valence-corrected chi connectivity index (χ3v) is 4.28. The highest BCUT2D eigenvalue weighted by molar-refractivity contribution is 9.10. The van der Waals surface area contributed by atoms with E-state index in [2.05, 4.69) is 15.9 Å². The van der Waals surface area contributed by atoms with Gasteiger partial charge in [-0.1, -0.05) is 0 Å². The summed E-state index contributed by atoms with van der Waals surface area (Å²) in [5.74, 6) is 0.990. The lowest BCUT2D eigenvalue weighted by Gasteiger charge is -2.14. The van der Waals surface area contributed by atoms with E-state index in [1.54, 1.807) is 0 Å². The Balaban J connectivity index is 2.09. The van der Waals surface area contributed by atoms with Gasteiger partial charge in [0.05, 0.1) is 17.7 Å². The molecule has 4 nitrogen and oxygen atoms in total. The zero-order valence-electron chi connectivity index (χ0n) is 9.79. The van der Waals surface area contributed by atoms with Gasteiger partial charge in [0, 0.05) is 36.0 Å². The fraction of sp³-hybridized carbons (Fsp3) is 0.462. The molecule has 0 spiro atoms. The smallest absolute Gasteiger partial charge is 0.303 e. The molecule has 0 saturated carbocycles. The van der Waals surface area contributed by atoms with Crippen molar-refractivity contribution in [3.8, 4) is 11.5 Å². The maximum Gasteiger partial charge on any atom is 0.303 e. The lowest BCUT2D eigenvalue weighted by molar-refractivity contribution is -0.136. The molecule has 2 heterocycles. The van der Waals surface area contributed by atoms with Crippen LogP contribution >= 0.6 is 15.9 Å². The number of carboxylic acid groups (broad SMARTS) is 1. The number of carbonyl (C=O) groups is 1. The van der Waals surface area contributed by atoms with E-state index in [1.807, 2.05) is 0 Å². The van der Waals surface area contributed by atoms with Crippen molar-refractivity contribution in [2.45, 2.75) is 25.7 Å². The first kappa shape index (κ1) is 11.8. The summed E-state index contributed by atoms with van der Waals surface area (Å²) in [5.41, 5.74) is 3.26. The molecule has 3 rings (SSSR count). The predicted molar refractivity (Wildman–Crippen MR) is 68.5 cm³/mol. The second kappa shape index (κ2) is 4.46. The van der Waals surface area contributed by atoms with Crippen molar-refractivity contribution in [3.63, 3.8) is 0 Å². The van der Waals surface area contributed by atoms with E-state index >= 15 is 0 Å². The molecular weight excluding hydrogens is 300 g/mol. The monoisotopic (exact) mass is 312 g/mol. The van der Waals surface area contributed by atoms with Crippen molar-refractivity contribution in [1.82, 2.24) is 0 Å². The first-order chi connectivity index (χ1) is 8.68. The van der Waals surface area contributed by atoms with Gasteiger partial charge in [-0.25, -0.2) is 0 Å². The molecule has 1 N–H and O–H groups in total. The second-order valence-corrected chi connectivity index (χ2v) is 5.29. The quantitative estimate of drug-likeness (QED) is 0.930. The summed E-state index contributed by atoms with van der Waals surface area (Å²) in [5, 5.41) is 8.85. The number of ether oxygens (including phenoxy) is 2. The van der Waals surface area contributed by atoms with Crippen molar-refractivity contribution < 1.29 is 19.4 Å². The van der Waals surface area contributed by atoms with Crippen LogP contribution in [0.2, 0.25) is 0 Å². The topological polar surface area (TPSA) is 55.8 Å². The van der Waals surface area contributed by atoms with Crippen LogP contribution in [-0.2, 0) is 24.1 Å². The number of hydrogen-bond acceptors (Lipinski definition) is 3. The number of rotatable bonds is 3. The maximum absolute atomic E-state index is 10.8. The van der Waals surface area contributed by atoms with Gasteiger partial charge in [0.25, 0.3) is 0 Å². The van der Waals surface area contributed by atoms with Crippen molar-refractivity contribution in [2.75, 3.05) is 13.2 Å². The number of fused-ring (bicyclic) bond motifs is 2. The van der Waals surface area contributed by atoms with Gasteiger partial charge < -0.3 is 14.6 Å². The van der Waals surface area contributed by atoms with Crippen LogP contribution in [0, 0.1) is 0 Å². The van der Waals surface area contributed by atoms with E-state index in [9.17, 15) is 4.79 Å². The number of benzene rings is 1. The van der Waals surface area contributed by atoms with Gasteiger partial charge in [0.2, 0.25) is 0 Å². The van der Waals surface area contributed by atoms with Crippen molar-refractivity contribution >= 4 is 21.9 Å². The van der Waals surface area contributed by atoms with Crippen LogP contribution in [0.5, 0.6) is 11.5 Å². The van der Waals surface area contributed by atoms with Gasteiger partial charge in [-0.15, -0.1) is 0 Å². The molecule has 0 aliphatic carbocycles. The summed E-state index contributed by atoms with van der Waals surface area (Å²) < 4.78 is 12.3. The van der Waals surface area contributed by atoms with Gasteiger partial charge in [-0.3, -0.25) is 4.79 Å². The summed E-state index contributed by atoms with van der Waals surface area (Å²) >= 11 is 3.58. The fourth-order valence-corrected chi connectivity index (χ4v) is 3.38. The summed E-state index contributed by atoms with van der Waals surface area (Å²) in [4.78, 5) is 10.8. The summed E-state index contributed by atoms with van der Waals surface area (Å²) in [6.45, 7) is 1.33. The minimum atomic E-state index is -0.780. The zero-order chi connectivity index (χ0) is 12.7. The standard InChI is InChI=1S/C13H13BrO4/c14-11-9-4-6-17-12(9)7(1-2-10(15)16)8-3-5-18-13(8)11/h1-6H2,(H,15,16). The third kappa shape index (κ3) is 1.77. The maximum atomic E-state index is 10.8. The molecule has 18 heavy (non-hydrogen) atoms. The Morgan fingerprint density at radius 2 is 1.83 bits per heavy atom. The summed E-state index contributed by atoms with van der Waals surface area (Å²) in [6.07, 6.45) is 2.33. The van der Waals surface area contributed by atoms with E-state index in [0.29, 0.717) is 19.6 Å². The van der Waals surface area contributed by atoms with Crippen LogP contribution < -0.4 is 9.47 Å². The number of aliphatic carboxylic acids is 1. The molecule has 0 aromatic heterocycles. The Labute approximate surface area is 113 Å². The van der Waals surface area contributed by atoms with Gasteiger partial charge in [-0.2, -0.15) is 0 Å². The van der Waals surface area contributed by atoms with E-state index in [-0.39, 0.29) is 6.42 Å². The molecule has 2 aliphatic rings.